The molecule has 0 spiro atoms. The van der Waals surface area contributed by atoms with E-state index in [1.165, 1.54) is 6.08 Å². The Labute approximate surface area is 149 Å². The van der Waals surface area contributed by atoms with Crippen LogP contribution >= 0.6 is 0 Å². The quantitative estimate of drug-likeness (QED) is 0.395. The van der Waals surface area contributed by atoms with Gasteiger partial charge in [-0.3, -0.25) is 4.98 Å². The maximum atomic E-state index is 12.3. The summed E-state index contributed by atoms with van der Waals surface area (Å²) in [6.45, 7) is 0. The minimum absolute atomic E-state index is 0.143. The number of ether oxygens (including phenoxy) is 1. The van der Waals surface area contributed by atoms with Crippen molar-refractivity contribution in [3.8, 4) is 11.8 Å². The molecule has 6 nitrogen and oxygen atoms in total. The van der Waals surface area contributed by atoms with E-state index in [-0.39, 0.29) is 11.3 Å². The summed E-state index contributed by atoms with van der Waals surface area (Å²) in [6, 6.07) is 10.2. The molecule has 0 fully saturated rings. The molecule has 26 heavy (non-hydrogen) atoms. The summed E-state index contributed by atoms with van der Waals surface area (Å²) in [7, 11) is 0. The Morgan fingerprint density at radius 1 is 1.19 bits per heavy atom. The number of carbonyl (C=O) groups is 2. The average molecular weight is 346 g/mol. The maximum absolute atomic E-state index is 12.3. The van der Waals surface area contributed by atoms with Crippen LogP contribution in [0, 0.1) is 11.3 Å². The minimum atomic E-state index is -0.954. The number of rotatable bonds is 4. The van der Waals surface area contributed by atoms with Gasteiger partial charge in [-0.15, -0.1) is 0 Å². The average Bonchev–Trinajstić information content (AvgIpc) is 2.66. The monoisotopic (exact) mass is 346 g/mol. The van der Waals surface area contributed by atoms with Gasteiger partial charge in [0.05, 0.1) is 0 Å². The standard InChI is InChI=1S/C20H14N2O4/c21-12-17(9-13-5-7-22-8-6-13)20(25)26-18-4-3-14-1-2-15(19(23)24)10-16(14)11-18/h3-11H,1-2H2,(H,23,24)/b17-9+. The number of aryl methyl sites for hydroxylation is 1. The molecule has 0 saturated heterocycles. The zero-order valence-electron chi connectivity index (χ0n) is 13.7. The predicted octanol–water partition coefficient (Wildman–Crippen LogP) is 3.01. The number of benzene rings is 1. The summed E-state index contributed by atoms with van der Waals surface area (Å²) in [6.07, 6.45) is 7.20. The van der Waals surface area contributed by atoms with Gasteiger partial charge in [-0.1, -0.05) is 6.07 Å². The third-order valence-electron chi connectivity index (χ3n) is 3.95. The van der Waals surface area contributed by atoms with Crippen LogP contribution in [0.5, 0.6) is 5.75 Å². The van der Waals surface area contributed by atoms with E-state index in [2.05, 4.69) is 4.98 Å². The summed E-state index contributed by atoms with van der Waals surface area (Å²) in [5, 5.41) is 18.3. The molecule has 0 bridgehead atoms. The number of esters is 1. The summed E-state index contributed by atoms with van der Waals surface area (Å²) < 4.78 is 5.28. The molecule has 128 valence electrons. The smallest absolute Gasteiger partial charge is 0.354 e. The number of nitriles is 1. The number of carbonyl (C=O) groups excluding carboxylic acids is 1. The number of pyridine rings is 1. The molecule has 0 aliphatic heterocycles. The first kappa shape index (κ1) is 17.1. The molecular weight excluding hydrogens is 332 g/mol. The molecule has 2 aromatic rings. The van der Waals surface area contributed by atoms with E-state index >= 15 is 0 Å². The molecule has 3 rings (SSSR count). The third-order valence-corrected chi connectivity index (χ3v) is 3.95. The third kappa shape index (κ3) is 3.84. The number of aliphatic carboxylic acids is 1. The molecule has 0 radical (unpaired) electrons. The SMILES string of the molecule is N#C/C(=C\c1ccncc1)C(=O)Oc1ccc2c(c1)C=C(C(=O)O)CC2. The zero-order chi connectivity index (χ0) is 18.5. The zero-order valence-corrected chi connectivity index (χ0v) is 13.7. The van der Waals surface area contributed by atoms with E-state index < -0.39 is 11.9 Å². The van der Waals surface area contributed by atoms with Crippen LogP contribution in [0.1, 0.15) is 23.1 Å². The van der Waals surface area contributed by atoms with Gasteiger partial charge in [0, 0.05) is 18.0 Å². The largest absolute Gasteiger partial charge is 0.478 e. The molecule has 1 aliphatic carbocycles. The summed E-state index contributed by atoms with van der Waals surface area (Å²) in [5.74, 6) is -1.47. The van der Waals surface area contributed by atoms with Crippen molar-refractivity contribution >= 4 is 24.1 Å². The number of hydrogen-bond acceptors (Lipinski definition) is 5. The van der Waals surface area contributed by atoms with Crippen LogP contribution in [0.4, 0.5) is 0 Å². The number of aromatic nitrogens is 1. The van der Waals surface area contributed by atoms with Gasteiger partial charge < -0.3 is 9.84 Å². The molecular formula is C20H14N2O4. The van der Waals surface area contributed by atoms with Crippen molar-refractivity contribution in [1.82, 2.24) is 4.98 Å². The molecule has 6 heteroatoms. The molecule has 1 aliphatic rings. The molecule has 0 amide bonds. The summed E-state index contributed by atoms with van der Waals surface area (Å²) >= 11 is 0. The summed E-state index contributed by atoms with van der Waals surface area (Å²) in [5.41, 5.74) is 2.53. The van der Waals surface area contributed by atoms with Gasteiger partial charge >= 0.3 is 11.9 Å². The van der Waals surface area contributed by atoms with Crippen LogP contribution in [-0.4, -0.2) is 22.0 Å². The molecule has 0 unspecified atom stereocenters. The van der Waals surface area contributed by atoms with E-state index in [0.29, 0.717) is 29.5 Å². The molecule has 1 aromatic carbocycles. The Morgan fingerprint density at radius 2 is 1.96 bits per heavy atom. The first-order chi connectivity index (χ1) is 12.6. The number of carboxylic acid groups (broad SMARTS) is 1. The molecule has 0 atom stereocenters. The van der Waals surface area contributed by atoms with Gasteiger partial charge in [-0.25, -0.2) is 9.59 Å². The second-order valence-electron chi connectivity index (χ2n) is 5.68. The van der Waals surface area contributed by atoms with E-state index in [0.717, 1.165) is 5.56 Å². The topological polar surface area (TPSA) is 100 Å². The minimum Gasteiger partial charge on any atom is -0.478 e. The molecule has 1 aromatic heterocycles. The van der Waals surface area contributed by atoms with Crippen LogP contribution in [0.25, 0.3) is 12.2 Å². The number of carboxylic acids is 1. The van der Waals surface area contributed by atoms with Crippen LogP contribution < -0.4 is 4.74 Å². The highest BCUT2D eigenvalue weighted by atomic mass is 16.5. The van der Waals surface area contributed by atoms with Gasteiger partial charge in [-0.2, -0.15) is 5.26 Å². The summed E-state index contributed by atoms with van der Waals surface area (Å²) in [4.78, 5) is 27.3. The first-order valence-electron chi connectivity index (χ1n) is 7.87. The van der Waals surface area contributed by atoms with Crippen molar-refractivity contribution in [2.75, 3.05) is 0 Å². The van der Waals surface area contributed by atoms with Gasteiger partial charge in [0.15, 0.2) is 0 Å². The second kappa shape index (κ2) is 7.45. The lowest BCUT2D eigenvalue weighted by molar-refractivity contribution is -0.133. The molecule has 0 saturated carbocycles. The van der Waals surface area contributed by atoms with E-state index in [1.54, 1.807) is 48.8 Å². The Hall–Kier alpha value is -3.72. The fourth-order valence-electron chi connectivity index (χ4n) is 2.62. The number of fused-ring (bicyclic) bond motifs is 1. The Balaban J connectivity index is 1.82. The van der Waals surface area contributed by atoms with Crippen LogP contribution in [0.2, 0.25) is 0 Å². The van der Waals surface area contributed by atoms with Crippen LogP contribution in [-0.2, 0) is 16.0 Å². The highest BCUT2D eigenvalue weighted by Crippen LogP contribution is 2.28. The molecule has 1 heterocycles. The van der Waals surface area contributed by atoms with Crippen molar-refractivity contribution in [3.63, 3.8) is 0 Å². The van der Waals surface area contributed by atoms with E-state index in [1.807, 2.05) is 6.07 Å². The van der Waals surface area contributed by atoms with Crippen molar-refractivity contribution in [1.29, 1.82) is 5.26 Å². The van der Waals surface area contributed by atoms with Crippen LogP contribution in [0.15, 0.2) is 53.9 Å². The fraction of sp³-hybridized carbons (Fsp3) is 0.100. The normalized spacial score (nSPS) is 13.2. The number of hydrogen-bond donors (Lipinski definition) is 1. The molecule has 1 N–H and O–H groups in total. The van der Waals surface area contributed by atoms with Crippen molar-refractivity contribution in [2.45, 2.75) is 12.8 Å². The van der Waals surface area contributed by atoms with E-state index in [4.69, 9.17) is 9.84 Å². The highest BCUT2D eigenvalue weighted by Gasteiger charge is 2.17. The second-order valence-corrected chi connectivity index (χ2v) is 5.68. The lowest BCUT2D eigenvalue weighted by Crippen LogP contribution is -2.11. The fourth-order valence-corrected chi connectivity index (χ4v) is 2.62. The van der Waals surface area contributed by atoms with Gasteiger partial charge in [-0.05, 0) is 65.9 Å². The lowest BCUT2D eigenvalue weighted by atomic mass is 9.92. The van der Waals surface area contributed by atoms with Crippen molar-refractivity contribution in [3.05, 3.63) is 70.6 Å². The van der Waals surface area contributed by atoms with Crippen LogP contribution in [0.3, 0.4) is 0 Å². The lowest BCUT2D eigenvalue weighted by Gasteiger charge is -2.15. The Bertz CT molecular complexity index is 969. The van der Waals surface area contributed by atoms with Gasteiger partial charge in [0.2, 0.25) is 0 Å². The maximum Gasteiger partial charge on any atom is 0.354 e. The van der Waals surface area contributed by atoms with Gasteiger partial charge in [0.25, 0.3) is 0 Å². The number of nitrogens with zero attached hydrogens (tertiary/aromatic N) is 2. The highest BCUT2D eigenvalue weighted by molar-refractivity contribution is 5.99. The van der Waals surface area contributed by atoms with E-state index in [9.17, 15) is 14.9 Å². The van der Waals surface area contributed by atoms with Gasteiger partial charge in [0.1, 0.15) is 17.4 Å². The van der Waals surface area contributed by atoms with Crippen molar-refractivity contribution in [2.24, 2.45) is 0 Å². The predicted molar refractivity (Wildman–Crippen MR) is 93.8 cm³/mol. The Kier molecular flexibility index (Phi) is 4.90. The first-order valence-corrected chi connectivity index (χ1v) is 7.87. The van der Waals surface area contributed by atoms with Crippen molar-refractivity contribution < 1.29 is 19.4 Å². The Morgan fingerprint density at radius 3 is 2.65 bits per heavy atom.